The van der Waals surface area contributed by atoms with Crippen LogP contribution in [0.1, 0.15) is 0 Å². The third kappa shape index (κ3) is 8.39. The highest BCUT2D eigenvalue weighted by molar-refractivity contribution is 7.95. The molecule has 0 atom stereocenters. The summed E-state index contributed by atoms with van der Waals surface area (Å²) in [4.78, 5) is 49.9. The van der Waals surface area contributed by atoms with Gasteiger partial charge >= 0.3 is 24.4 Å². The van der Waals surface area contributed by atoms with Crippen LogP contribution in [0.15, 0.2) is 84.9 Å². The molecule has 0 spiro atoms. The lowest BCUT2D eigenvalue weighted by Crippen LogP contribution is -2.32. The molecule has 230 valence electrons. The summed E-state index contributed by atoms with van der Waals surface area (Å²) in [6.07, 6.45) is -2.91. The summed E-state index contributed by atoms with van der Waals surface area (Å²) in [7, 11) is 5.73. The number of hydrogen-bond acceptors (Lipinski definition) is 10. The fourth-order valence-corrected chi connectivity index (χ4v) is 5.01. The van der Waals surface area contributed by atoms with Gasteiger partial charge in [-0.25, -0.2) is 36.4 Å². The Labute approximate surface area is 262 Å². The van der Waals surface area contributed by atoms with Gasteiger partial charge in [0.2, 0.25) is 0 Å². The van der Waals surface area contributed by atoms with Crippen molar-refractivity contribution in [3.63, 3.8) is 0 Å². The first-order valence-corrected chi connectivity index (χ1v) is 14.6. The van der Waals surface area contributed by atoms with Gasteiger partial charge in [0.1, 0.15) is 24.7 Å². The molecule has 0 bridgehead atoms. The monoisotopic (exact) mass is 638 g/mol. The van der Waals surface area contributed by atoms with Crippen molar-refractivity contribution < 1.29 is 38.1 Å². The number of rotatable bonds is 9. The summed E-state index contributed by atoms with van der Waals surface area (Å²) in [6, 6.07) is 25.7. The SMILES string of the molecule is CN(SN(C)C(=O)Oc1cccc2ccccc12)C(=O)OCCOC(=O)N(C)SN(C)C(=O)Oc1cccc2ccccc12. The van der Waals surface area contributed by atoms with Crippen molar-refractivity contribution in [1.82, 2.24) is 17.2 Å². The van der Waals surface area contributed by atoms with Crippen molar-refractivity contribution in [1.29, 1.82) is 0 Å². The minimum atomic E-state index is -0.769. The van der Waals surface area contributed by atoms with Crippen LogP contribution in [-0.2, 0) is 9.47 Å². The molecule has 4 aromatic rings. The minimum Gasteiger partial charge on any atom is -0.445 e. The summed E-state index contributed by atoms with van der Waals surface area (Å²) in [6.45, 7) is -0.478. The lowest BCUT2D eigenvalue weighted by Gasteiger charge is -2.22. The Kier molecular flexibility index (Phi) is 11.0. The molecule has 0 unspecified atom stereocenters. The van der Waals surface area contributed by atoms with Gasteiger partial charge in [-0.05, 0) is 22.9 Å². The van der Waals surface area contributed by atoms with E-state index >= 15 is 0 Å². The molecule has 4 rings (SSSR count). The van der Waals surface area contributed by atoms with Gasteiger partial charge in [-0.2, -0.15) is 0 Å². The Hall–Kier alpha value is -4.82. The van der Waals surface area contributed by atoms with E-state index in [9.17, 15) is 19.2 Å². The second-order valence-corrected chi connectivity index (χ2v) is 11.6. The van der Waals surface area contributed by atoms with E-state index in [-0.39, 0.29) is 13.2 Å². The normalized spacial score (nSPS) is 10.5. The fourth-order valence-electron chi connectivity index (χ4n) is 3.83. The maximum Gasteiger partial charge on any atom is 0.426 e. The number of hydrogen-bond donors (Lipinski definition) is 0. The molecule has 12 nitrogen and oxygen atoms in total. The lowest BCUT2D eigenvalue weighted by molar-refractivity contribution is 0.0830. The average Bonchev–Trinajstić information content (AvgIpc) is 3.03. The third-order valence-electron chi connectivity index (χ3n) is 5.95. The molecular formula is C30H30N4O8S2. The standard InChI is InChI=1S/C30H30N4O8S2/c1-31(43-33(3)29(37)41-25-17-9-13-21-11-5-7-15-23(21)25)27(35)39-19-20-40-28(36)32(2)44-34(4)30(38)42-26-18-10-14-22-12-6-8-16-24(22)26/h5-18H,19-20H2,1-4H3. The zero-order chi connectivity index (χ0) is 31.6. The van der Waals surface area contributed by atoms with E-state index < -0.39 is 24.4 Å². The molecule has 0 radical (unpaired) electrons. The molecule has 0 saturated heterocycles. The molecule has 4 aromatic carbocycles. The van der Waals surface area contributed by atoms with Crippen LogP contribution in [0, 0.1) is 0 Å². The van der Waals surface area contributed by atoms with E-state index in [0.717, 1.165) is 63.0 Å². The predicted molar refractivity (Wildman–Crippen MR) is 169 cm³/mol. The number of benzene rings is 4. The summed E-state index contributed by atoms with van der Waals surface area (Å²) in [5, 5.41) is 3.40. The van der Waals surface area contributed by atoms with Crippen molar-refractivity contribution in [3.05, 3.63) is 84.9 Å². The van der Waals surface area contributed by atoms with Crippen LogP contribution in [0.3, 0.4) is 0 Å². The minimum absolute atomic E-state index is 0.239. The van der Waals surface area contributed by atoms with Crippen LogP contribution in [0.25, 0.3) is 21.5 Å². The van der Waals surface area contributed by atoms with Gasteiger partial charge in [0.05, 0.1) is 24.3 Å². The topological polar surface area (TPSA) is 118 Å². The first-order chi connectivity index (χ1) is 21.1. The predicted octanol–water partition coefficient (Wildman–Crippen LogP) is 6.82. The molecule has 14 heteroatoms. The summed E-state index contributed by atoms with van der Waals surface area (Å²) in [5.41, 5.74) is 0. The highest BCUT2D eigenvalue weighted by Gasteiger charge is 2.22. The zero-order valence-corrected chi connectivity index (χ0v) is 26.0. The molecule has 0 aliphatic carbocycles. The first kappa shape index (κ1) is 32.1. The van der Waals surface area contributed by atoms with Gasteiger partial charge in [-0.1, -0.05) is 72.8 Å². The first-order valence-electron chi connectivity index (χ1n) is 13.2. The van der Waals surface area contributed by atoms with E-state index in [4.69, 9.17) is 18.9 Å². The molecular weight excluding hydrogens is 608 g/mol. The maximum atomic E-state index is 12.6. The van der Waals surface area contributed by atoms with Gasteiger partial charge in [0, 0.05) is 39.0 Å². The lowest BCUT2D eigenvalue weighted by atomic mass is 10.1. The number of carbonyl (C=O) groups is 4. The molecule has 0 heterocycles. The molecule has 0 N–H and O–H groups in total. The zero-order valence-electron chi connectivity index (χ0n) is 24.4. The summed E-state index contributed by atoms with van der Waals surface area (Å²) < 4.78 is 25.7. The molecule has 0 aliphatic rings. The van der Waals surface area contributed by atoms with Crippen molar-refractivity contribution in [2.75, 3.05) is 41.4 Å². The van der Waals surface area contributed by atoms with E-state index in [2.05, 4.69) is 0 Å². The van der Waals surface area contributed by atoms with E-state index in [1.54, 1.807) is 24.3 Å². The molecule has 0 aromatic heterocycles. The average molecular weight is 639 g/mol. The van der Waals surface area contributed by atoms with Crippen LogP contribution in [-0.4, -0.2) is 83.0 Å². The van der Waals surface area contributed by atoms with E-state index in [0.29, 0.717) is 11.5 Å². The van der Waals surface area contributed by atoms with Crippen LogP contribution >= 0.6 is 24.3 Å². The Balaban J connectivity index is 1.15. The van der Waals surface area contributed by atoms with Gasteiger partial charge in [-0.15, -0.1) is 0 Å². The Bertz CT molecular complexity index is 1520. The van der Waals surface area contributed by atoms with Crippen molar-refractivity contribution in [2.45, 2.75) is 0 Å². The van der Waals surface area contributed by atoms with Crippen LogP contribution in [0.4, 0.5) is 19.2 Å². The Morgan fingerprint density at radius 1 is 0.500 bits per heavy atom. The summed E-state index contributed by atoms with van der Waals surface area (Å²) in [5.74, 6) is 0.784. The van der Waals surface area contributed by atoms with Crippen molar-refractivity contribution >= 4 is 70.2 Å². The number of ether oxygens (including phenoxy) is 4. The van der Waals surface area contributed by atoms with E-state index in [1.807, 2.05) is 60.7 Å². The van der Waals surface area contributed by atoms with E-state index in [1.165, 1.54) is 28.2 Å². The van der Waals surface area contributed by atoms with Crippen LogP contribution in [0.2, 0.25) is 0 Å². The van der Waals surface area contributed by atoms with Crippen LogP contribution in [0.5, 0.6) is 11.5 Å². The number of carbonyl (C=O) groups excluding carboxylic acids is 4. The molecule has 0 fully saturated rings. The highest BCUT2D eigenvalue weighted by Crippen LogP contribution is 2.28. The van der Waals surface area contributed by atoms with Crippen molar-refractivity contribution in [3.8, 4) is 11.5 Å². The van der Waals surface area contributed by atoms with Gasteiger partial charge in [0.15, 0.2) is 0 Å². The van der Waals surface area contributed by atoms with Crippen LogP contribution < -0.4 is 9.47 Å². The third-order valence-corrected chi connectivity index (χ3v) is 7.52. The Morgan fingerprint density at radius 3 is 1.25 bits per heavy atom. The van der Waals surface area contributed by atoms with Gasteiger partial charge in [-0.3, -0.25) is 0 Å². The van der Waals surface area contributed by atoms with Gasteiger partial charge in [0.25, 0.3) is 0 Å². The number of nitrogens with zero attached hydrogens (tertiary/aromatic N) is 4. The Morgan fingerprint density at radius 2 is 0.841 bits per heavy atom. The fraction of sp³-hybridized carbons (Fsp3) is 0.200. The molecule has 44 heavy (non-hydrogen) atoms. The molecule has 0 saturated carbocycles. The second kappa shape index (κ2) is 15.1. The molecule has 4 amide bonds. The molecule has 0 aliphatic heterocycles. The number of amides is 4. The second-order valence-electron chi connectivity index (χ2n) is 9.07. The smallest absolute Gasteiger partial charge is 0.426 e. The maximum absolute atomic E-state index is 12.6. The highest BCUT2D eigenvalue weighted by atomic mass is 32.2. The number of fused-ring (bicyclic) bond motifs is 2. The van der Waals surface area contributed by atoms with Crippen molar-refractivity contribution in [2.24, 2.45) is 0 Å². The van der Waals surface area contributed by atoms with Gasteiger partial charge < -0.3 is 18.9 Å². The summed E-state index contributed by atoms with van der Waals surface area (Å²) >= 11 is 1.54. The quantitative estimate of drug-likeness (QED) is 0.143. The largest absolute Gasteiger partial charge is 0.445 e.